The molecule has 9 heteroatoms. The van der Waals surface area contributed by atoms with Crippen LogP contribution in [0.15, 0.2) is 23.1 Å². The molecule has 0 saturated carbocycles. The van der Waals surface area contributed by atoms with Gasteiger partial charge in [0.2, 0.25) is 10.0 Å². The number of amides is 1. The van der Waals surface area contributed by atoms with Crippen molar-refractivity contribution < 1.29 is 27.1 Å². The number of sulfonamides is 1. The van der Waals surface area contributed by atoms with Gasteiger partial charge in [-0.15, -0.1) is 0 Å². The Labute approximate surface area is 122 Å². The third kappa shape index (κ3) is 5.29. The molecule has 0 aliphatic carbocycles. The largest absolute Gasteiger partial charge is 0.478 e. The zero-order valence-electron chi connectivity index (χ0n) is 11.6. The number of hydrogen-bond donors (Lipinski definition) is 2. The SMILES string of the molecule is COCCNC(=O)C(C)Oc1ccc(S(N)(=O)=O)cc1F. The number of carbonyl (C=O) groups excluding carboxylic acids is 1. The fraction of sp³-hybridized carbons (Fsp3) is 0.417. The van der Waals surface area contributed by atoms with Crippen molar-refractivity contribution in [1.29, 1.82) is 0 Å². The molecule has 118 valence electrons. The second-order valence-electron chi connectivity index (χ2n) is 4.18. The standard InChI is InChI=1S/C12H17FN2O5S/c1-8(12(16)15-5-6-19-2)20-11-4-3-9(7-10(11)13)21(14,17)18/h3-4,7-8H,5-6H2,1-2H3,(H,15,16)(H2,14,17,18). The molecule has 0 radical (unpaired) electrons. The minimum atomic E-state index is -3.99. The highest BCUT2D eigenvalue weighted by molar-refractivity contribution is 7.89. The monoisotopic (exact) mass is 320 g/mol. The molecule has 1 amide bonds. The molecule has 0 aliphatic heterocycles. The van der Waals surface area contributed by atoms with Gasteiger partial charge in [-0.3, -0.25) is 4.79 Å². The maximum Gasteiger partial charge on any atom is 0.260 e. The molecule has 0 heterocycles. The van der Waals surface area contributed by atoms with Crippen molar-refractivity contribution in [3.8, 4) is 5.75 Å². The zero-order valence-corrected chi connectivity index (χ0v) is 12.4. The molecular weight excluding hydrogens is 303 g/mol. The summed E-state index contributed by atoms with van der Waals surface area (Å²) in [5.41, 5.74) is 0. The van der Waals surface area contributed by atoms with Gasteiger partial charge in [0.25, 0.3) is 5.91 Å². The fourth-order valence-corrected chi connectivity index (χ4v) is 1.94. The summed E-state index contributed by atoms with van der Waals surface area (Å²) in [6, 6.07) is 2.94. The number of rotatable bonds is 7. The molecule has 7 nitrogen and oxygen atoms in total. The van der Waals surface area contributed by atoms with Crippen molar-refractivity contribution in [3.05, 3.63) is 24.0 Å². The molecule has 1 rings (SSSR count). The van der Waals surface area contributed by atoms with Gasteiger partial charge < -0.3 is 14.8 Å². The lowest BCUT2D eigenvalue weighted by atomic mass is 10.3. The van der Waals surface area contributed by atoms with E-state index < -0.39 is 27.9 Å². The van der Waals surface area contributed by atoms with Gasteiger partial charge >= 0.3 is 0 Å². The highest BCUT2D eigenvalue weighted by Gasteiger charge is 2.18. The van der Waals surface area contributed by atoms with Crippen molar-refractivity contribution >= 4 is 15.9 Å². The van der Waals surface area contributed by atoms with Crippen molar-refractivity contribution in [2.24, 2.45) is 5.14 Å². The summed E-state index contributed by atoms with van der Waals surface area (Å²) in [5, 5.41) is 7.41. The number of benzene rings is 1. The van der Waals surface area contributed by atoms with Gasteiger partial charge in [-0.05, 0) is 25.1 Å². The van der Waals surface area contributed by atoms with Crippen molar-refractivity contribution in [3.63, 3.8) is 0 Å². The van der Waals surface area contributed by atoms with E-state index >= 15 is 0 Å². The molecule has 0 fully saturated rings. The maximum absolute atomic E-state index is 13.7. The molecule has 1 unspecified atom stereocenters. The van der Waals surface area contributed by atoms with Crippen LogP contribution in [0.5, 0.6) is 5.75 Å². The van der Waals surface area contributed by atoms with Crippen molar-refractivity contribution in [2.45, 2.75) is 17.9 Å². The van der Waals surface area contributed by atoms with E-state index in [1.54, 1.807) is 0 Å². The normalized spacial score (nSPS) is 12.8. The van der Waals surface area contributed by atoms with Gasteiger partial charge in [0.05, 0.1) is 11.5 Å². The lowest BCUT2D eigenvalue weighted by Gasteiger charge is -2.15. The number of carbonyl (C=O) groups is 1. The highest BCUT2D eigenvalue weighted by Crippen LogP contribution is 2.21. The summed E-state index contributed by atoms with van der Waals surface area (Å²) < 4.78 is 45.8. The van der Waals surface area contributed by atoms with E-state index in [0.29, 0.717) is 13.2 Å². The first-order chi connectivity index (χ1) is 9.75. The number of nitrogens with two attached hydrogens (primary N) is 1. The number of hydrogen-bond acceptors (Lipinski definition) is 5. The van der Waals surface area contributed by atoms with Gasteiger partial charge in [0.1, 0.15) is 0 Å². The predicted molar refractivity (Wildman–Crippen MR) is 72.7 cm³/mol. The smallest absolute Gasteiger partial charge is 0.260 e. The maximum atomic E-state index is 13.7. The lowest BCUT2D eigenvalue weighted by Crippen LogP contribution is -2.38. The Hall–Kier alpha value is -1.71. The van der Waals surface area contributed by atoms with Crippen LogP contribution in [-0.2, 0) is 19.6 Å². The summed E-state index contributed by atoms with van der Waals surface area (Å²) in [7, 11) is -2.50. The number of halogens is 1. The molecule has 1 aromatic carbocycles. The first kappa shape index (κ1) is 17.3. The van der Waals surface area contributed by atoms with E-state index in [1.165, 1.54) is 14.0 Å². The molecule has 0 spiro atoms. The molecule has 1 aromatic rings. The van der Waals surface area contributed by atoms with Crippen LogP contribution in [-0.4, -0.2) is 40.7 Å². The summed E-state index contributed by atoms with van der Waals surface area (Å²) in [6.07, 6.45) is -0.948. The van der Waals surface area contributed by atoms with Crippen LogP contribution in [0.2, 0.25) is 0 Å². The molecule has 0 bridgehead atoms. The Kier molecular flexibility index (Phi) is 6.06. The van der Waals surface area contributed by atoms with E-state index in [-0.39, 0.29) is 10.6 Å². The second-order valence-corrected chi connectivity index (χ2v) is 5.74. The predicted octanol–water partition coefficient (Wildman–Crippen LogP) is 0.00300. The Morgan fingerprint density at radius 3 is 2.67 bits per heavy atom. The summed E-state index contributed by atoms with van der Waals surface area (Å²) in [6.45, 7) is 2.08. The van der Waals surface area contributed by atoms with E-state index in [9.17, 15) is 17.6 Å². The topological polar surface area (TPSA) is 108 Å². The van der Waals surface area contributed by atoms with E-state index in [2.05, 4.69) is 5.32 Å². The Morgan fingerprint density at radius 2 is 2.14 bits per heavy atom. The van der Waals surface area contributed by atoms with Crippen LogP contribution in [0, 0.1) is 5.82 Å². The summed E-state index contributed by atoms with van der Waals surface area (Å²) in [5.74, 6) is -1.60. The average molecular weight is 320 g/mol. The van der Waals surface area contributed by atoms with Crippen LogP contribution < -0.4 is 15.2 Å². The first-order valence-corrected chi connectivity index (χ1v) is 7.56. The van der Waals surface area contributed by atoms with Crippen LogP contribution in [0.25, 0.3) is 0 Å². The molecular formula is C12H17FN2O5S. The average Bonchev–Trinajstić information content (AvgIpc) is 2.39. The minimum absolute atomic E-state index is 0.239. The minimum Gasteiger partial charge on any atom is -0.478 e. The number of primary sulfonamides is 1. The Morgan fingerprint density at radius 1 is 1.48 bits per heavy atom. The first-order valence-electron chi connectivity index (χ1n) is 6.01. The van der Waals surface area contributed by atoms with Crippen LogP contribution in [0.1, 0.15) is 6.92 Å². The summed E-state index contributed by atoms with van der Waals surface area (Å²) in [4.78, 5) is 11.3. The molecule has 21 heavy (non-hydrogen) atoms. The van der Waals surface area contributed by atoms with Gasteiger partial charge in [-0.1, -0.05) is 0 Å². The Bertz CT molecular complexity index is 606. The van der Waals surface area contributed by atoms with E-state index in [0.717, 1.165) is 18.2 Å². The third-order valence-corrected chi connectivity index (χ3v) is 3.42. The van der Waals surface area contributed by atoms with Crippen LogP contribution in [0.3, 0.4) is 0 Å². The van der Waals surface area contributed by atoms with Crippen molar-refractivity contribution in [1.82, 2.24) is 5.32 Å². The van der Waals surface area contributed by atoms with Crippen LogP contribution >= 0.6 is 0 Å². The number of nitrogens with one attached hydrogen (secondary N) is 1. The second kappa shape index (κ2) is 7.34. The van der Waals surface area contributed by atoms with Crippen molar-refractivity contribution in [2.75, 3.05) is 20.3 Å². The molecule has 1 atom stereocenters. The van der Waals surface area contributed by atoms with E-state index in [4.69, 9.17) is 14.6 Å². The van der Waals surface area contributed by atoms with Gasteiger partial charge in [0, 0.05) is 13.7 Å². The number of methoxy groups -OCH3 is 1. The summed E-state index contributed by atoms with van der Waals surface area (Å²) >= 11 is 0. The van der Waals surface area contributed by atoms with E-state index in [1.807, 2.05) is 0 Å². The van der Waals surface area contributed by atoms with Gasteiger partial charge in [0.15, 0.2) is 17.7 Å². The zero-order chi connectivity index (χ0) is 16.0. The third-order valence-electron chi connectivity index (χ3n) is 2.51. The van der Waals surface area contributed by atoms with Gasteiger partial charge in [-0.2, -0.15) is 0 Å². The molecule has 0 saturated heterocycles. The van der Waals surface area contributed by atoms with Gasteiger partial charge in [-0.25, -0.2) is 17.9 Å². The van der Waals surface area contributed by atoms with Crippen LogP contribution in [0.4, 0.5) is 4.39 Å². The molecule has 3 N–H and O–H groups in total. The Balaban J connectivity index is 2.73. The number of ether oxygens (including phenoxy) is 2. The molecule has 0 aromatic heterocycles. The molecule has 0 aliphatic rings. The fourth-order valence-electron chi connectivity index (χ4n) is 1.42. The highest BCUT2D eigenvalue weighted by atomic mass is 32.2. The lowest BCUT2D eigenvalue weighted by molar-refractivity contribution is -0.127. The quantitative estimate of drug-likeness (QED) is 0.688.